The number of aliphatic hydroxyl groups is 1. The van der Waals surface area contributed by atoms with Gasteiger partial charge in [-0.05, 0) is 33.2 Å². The Balaban J connectivity index is 2.01. The van der Waals surface area contributed by atoms with Crippen LogP contribution in [0, 0.1) is 0 Å². The Morgan fingerprint density at radius 2 is 2.08 bits per heavy atom. The maximum Gasteiger partial charge on any atom is 0.120 e. The second-order valence-electron chi connectivity index (χ2n) is 4.56. The molecule has 0 aromatic rings. The molecule has 3 heteroatoms. The van der Waals surface area contributed by atoms with Gasteiger partial charge < -0.3 is 5.11 Å². The van der Waals surface area contributed by atoms with Gasteiger partial charge in [0.2, 0.25) is 0 Å². The van der Waals surface area contributed by atoms with Crippen molar-refractivity contribution in [3.63, 3.8) is 0 Å². The second-order valence-corrected chi connectivity index (χ2v) is 4.56. The second kappa shape index (κ2) is 3.56. The van der Waals surface area contributed by atoms with E-state index in [4.69, 9.17) is 0 Å². The molecule has 0 radical (unpaired) electrons. The lowest BCUT2D eigenvalue weighted by atomic mass is 10.1. The van der Waals surface area contributed by atoms with Gasteiger partial charge in [0, 0.05) is 25.2 Å². The van der Waals surface area contributed by atoms with Crippen molar-refractivity contribution in [1.29, 1.82) is 0 Å². The van der Waals surface area contributed by atoms with Gasteiger partial charge in [-0.25, -0.2) is 0 Å². The number of aliphatic hydroxyl groups excluding tert-OH is 1. The number of hydrogen-bond donors (Lipinski definition) is 1. The van der Waals surface area contributed by atoms with Gasteiger partial charge in [-0.1, -0.05) is 0 Å². The quantitative estimate of drug-likeness (QED) is 0.642. The van der Waals surface area contributed by atoms with Crippen molar-refractivity contribution in [1.82, 2.24) is 9.80 Å². The maximum atomic E-state index is 9.87. The molecule has 0 spiro atoms. The van der Waals surface area contributed by atoms with Crippen LogP contribution in [0.15, 0.2) is 0 Å². The van der Waals surface area contributed by atoms with E-state index in [1.807, 2.05) is 0 Å². The minimum absolute atomic E-state index is 0.241. The van der Waals surface area contributed by atoms with Crippen LogP contribution >= 0.6 is 0 Å². The van der Waals surface area contributed by atoms with E-state index in [0.29, 0.717) is 12.1 Å². The number of rotatable bonds is 1. The Morgan fingerprint density at radius 1 is 1.31 bits per heavy atom. The van der Waals surface area contributed by atoms with E-state index in [1.54, 1.807) is 0 Å². The fourth-order valence-corrected chi connectivity index (χ4v) is 2.58. The molecule has 2 saturated heterocycles. The molecule has 0 aliphatic carbocycles. The average Bonchev–Trinajstić information content (AvgIpc) is 2.48. The average molecular weight is 184 g/mol. The molecule has 76 valence electrons. The molecule has 1 N–H and O–H groups in total. The highest BCUT2D eigenvalue weighted by Gasteiger charge is 2.36. The highest BCUT2D eigenvalue weighted by molar-refractivity contribution is 4.89. The summed E-state index contributed by atoms with van der Waals surface area (Å²) in [6, 6.07) is 1.18. The molecule has 2 heterocycles. The highest BCUT2D eigenvalue weighted by atomic mass is 16.3. The van der Waals surface area contributed by atoms with Crippen molar-refractivity contribution in [2.45, 2.75) is 45.0 Å². The molecular weight excluding hydrogens is 164 g/mol. The summed E-state index contributed by atoms with van der Waals surface area (Å²) >= 11 is 0. The van der Waals surface area contributed by atoms with E-state index >= 15 is 0 Å². The standard InChI is InChI=1S/C10H20N2O/c1-8(2)12-6-9-4-3-5-11(9)7-10(12)13/h8-10,13H,3-7H2,1-2H3. The van der Waals surface area contributed by atoms with Crippen molar-refractivity contribution < 1.29 is 5.11 Å². The minimum Gasteiger partial charge on any atom is -0.377 e. The predicted octanol–water partition coefficient (Wildman–Crippen LogP) is 0.493. The number of hydrogen-bond acceptors (Lipinski definition) is 3. The van der Waals surface area contributed by atoms with E-state index in [-0.39, 0.29) is 6.23 Å². The minimum atomic E-state index is -0.241. The molecular formula is C10H20N2O. The SMILES string of the molecule is CC(C)N1CC2CCCN2CC1O. The van der Waals surface area contributed by atoms with Crippen LogP contribution in [0.25, 0.3) is 0 Å². The summed E-state index contributed by atoms with van der Waals surface area (Å²) in [7, 11) is 0. The predicted molar refractivity (Wildman–Crippen MR) is 52.4 cm³/mol. The van der Waals surface area contributed by atoms with Gasteiger partial charge in [0.25, 0.3) is 0 Å². The molecule has 0 amide bonds. The molecule has 0 aromatic carbocycles. The normalized spacial score (nSPS) is 36.9. The molecule has 2 rings (SSSR count). The van der Waals surface area contributed by atoms with Crippen LogP contribution in [-0.4, -0.2) is 52.9 Å². The molecule has 0 saturated carbocycles. The maximum absolute atomic E-state index is 9.87. The topological polar surface area (TPSA) is 26.7 Å². The summed E-state index contributed by atoms with van der Waals surface area (Å²) in [5.41, 5.74) is 0. The first-order valence-corrected chi connectivity index (χ1v) is 5.36. The Morgan fingerprint density at radius 3 is 2.77 bits per heavy atom. The van der Waals surface area contributed by atoms with E-state index in [0.717, 1.165) is 13.1 Å². The fraction of sp³-hybridized carbons (Fsp3) is 1.00. The Kier molecular flexibility index (Phi) is 2.58. The van der Waals surface area contributed by atoms with E-state index in [1.165, 1.54) is 19.4 Å². The van der Waals surface area contributed by atoms with Crippen LogP contribution in [0.1, 0.15) is 26.7 Å². The molecule has 3 nitrogen and oxygen atoms in total. The lowest BCUT2D eigenvalue weighted by Crippen LogP contribution is -2.57. The Bertz CT molecular complexity index is 184. The van der Waals surface area contributed by atoms with Crippen LogP contribution in [-0.2, 0) is 0 Å². The molecule has 2 unspecified atom stereocenters. The summed E-state index contributed by atoms with van der Waals surface area (Å²) < 4.78 is 0. The fourth-order valence-electron chi connectivity index (χ4n) is 2.58. The van der Waals surface area contributed by atoms with Crippen molar-refractivity contribution in [3.05, 3.63) is 0 Å². The van der Waals surface area contributed by atoms with Gasteiger partial charge in [-0.15, -0.1) is 0 Å². The van der Waals surface area contributed by atoms with Gasteiger partial charge in [0.15, 0.2) is 0 Å². The smallest absolute Gasteiger partial charge is 0.120 e. The molecule has 0 bridgehead atoms. The summed E-state index contributed by atoms with van der Waals surface area (Å²) in [5, 5.41) is 9.87. The summed E-state index contributed by atoms with van der Waals surface area (Å²) in [6.07, 6.45) is 2.38. The van der Waals surface area contributed by atoms with Gasteiger partial charge >= 0.3 is 0 Å². The van der Waals surface area contributed by atoms with Crippen LogP contribution in [0.3, 0.4) is 0 Å². The molecule has 2 aliphatic heterocycles. The Hall–Kier alpha value is -0.120. The van der Waals surface area contributed by atoms with Crippen LogP contribution < -0.4 is 0 Å². The van der Waals surface area contributed by atoms with Gasteiger partial charge in [-0.2, -0.15) is 0 Å². The monoisotopic (exact) mass is 184 g/mol. The van der Waals surface area contributed by atoms with Crippen molar-refractivity contribution in [2.75, 3.05) is 19.6 Å². The largest absolute Gasteiger partial charge is 0.377 e. The van der Waals surface area contributed by atoms with E-state index < -0.39 is 0 Å². The zero-order chi connectivity index (χ0) is 9.42. The van der Waals surface area contributed by atoms with Crippen LogP contribution in [0.4, 0.5) is 0 Å². The van der Waals surface area contributed by atoms with Crippen molar-refractivity contribution in [2.24, 2.45) is 0 Å². The van der Waals surface area contributed by atoms with Gasteiger partial charge in [0.1, 0.15) is 6.23 Å². The van der Waals surface area contributed by atoms with Crippen molar-refractivity contribution in [3.8, 4) is 0 Å². The first-order valence-electron chi connectivity index (χ1n) is 5.36. The van der Waals surface area contributed by atoms with E-state index in [2.05, 4.69) is 23.6 Å². The highest BCUT2D eigenvalue weighted by Crippen LogP contribution is 2.24. The molecule has 2 fully saturated rings. The molecule has 2 atom stereocenters. The number of nitrogens with zero attached hydrogens (tertiary/aromatic N) is 2. The third-order valence-electron chi connectivity index (χ3n) is 3.36. The molecule has 2 aliphatic rings. The summed E-state index contributed by atoms with van der Waals surface area (Å²) in [6.45, 7) is 7.41. The molecule has 0 aromatic heterocycles. The van der Waals surface area contributed by atoms with Crippen LogP contribution in [0.2, 0.25) is 0 Å². The molecule has 13 heavy (non-hydrogen) atoms. The number of fused-ring (bicyclic) bond motifs is 1. The zero-order valence-corrected chi connectivity index (χ0v) is 8.61. The summed E-state index contributed by atoms with van der Waals surface area (Å²) in [5.74, 6) is 0. The number of piperazine rings is 1. The van der Waals surface area contributed by atoms with E-state index in [9.17, 15) is 5.11 Å². The first-order chi connectivity index (χ1) is 6.18. The lowest BCUT2D eigenvalue weighted by Gasteiger charge is -2.43. The zero-order valence-electron chi connectivity index (χ0n) is 8.61. The van der Waals surface area contributed by atoms with Gasteiger partial charge in [0.05, 0.1) is 0 Å². The summed E-state index contributed by atoms with van der Waals surface area (Å²) in [4.78, 5) is 4.65. The van der Waals surface area contributed by atoms with Crippen LogP contribution in [0.5, 0.6) is 0 Å². The Labute approximate surface area is 80.3 Å². The van der Waals surface area contributed by atoms with Gasteiger partial charge in [-0.3, -0.25) is 9.80 Å². The third-order valence-corrected chi connectivity index (χ3v) is 3.36. The lowest BCUT2D eigenvalue weighted by molar-refractivity contribution is -0.0827. The first kappa shape index (κ1) is 9.44. The van der Waals surface area contributed by atoms with Crippen molar-refractivity contribution >= 4 is 0 Å². The third kappa shape index (κ3) is 1.73.